The largest absolute Gasteiger partial charge is 0.299 e. The Morgan fingerprint density at radius 3 is 2.55 bits per heavy atom. The topological polar surface area (TPSA) is 17.1 Å². The number of ketones is 1. The summed E-state index contributed by atoms with van der Waals surface area (Å²) in [6, 6.07) is 0. The van der Waals surface area contributed by atoms with Gasteiger partial charge in [-0.1, -0.05) is 26.0 Å². The molecule has 0 spiro atoms. The van der Waals surface area contributed by atoms with Gasteiger partial charge in [0.1, 0.15) is 5.78 Å². The lowest BCUT2D eigenvalue weighted by molar-refractivity contribution is -0.124. The molecule has 60 valence electrons. The van der Waals surface area contributed by atoms with Crippen molar-refractivity contribution in [3.05, 3.63) is 12.2 Å². The summed E-state index contributed by atoms with van der Waals surface area (Å²) < 4.78 is 0. The third-order valence-corrected chi connectivity index (χ3v) is 2.99. The Morgan fingerprint density at radius 1 is 1.45 bits per heavy atom. The Kier molecular flexibility index (Phi) is 1.41. The molecule has 3 atom stereocenters. The number of carbonyl (C=O) groups is 1. The third kappa shape index (κ3) is 0.867. The minimum atomic E-state index is 0.285. The molecule has 2 bridgehead atoms. The second-order valence-electron chi connectivity index (χ2n) is 4.06. The molecule has 0 aromatic carbocycles. The van der Waals surface area contributed by atoms with Crippen molar-refractivity contribution in [2.75, 3.05) is 0 Å². The third-order valence-electron chi connectivity index (χ3n) is 2.99. The molecule has 0 heterocycles. The van der Waals surface area contributed by atoms with E-state index >= 15 is 0 Å². The first-order chi connectivity index (χ1) is 5.20. The molecule has 0 saturated heterocycles. The van der Waals surface area contributed by atoms with Crippen LogP contribution in [0.3, 0.4) is 0 Å². The monoisotopic (exact) mass is 150 g/mol. The van der Waals surface area contributed by atoms with Gasteiger partial charge in [-0.3, -0.25) is 4.79 Å². The molecule has 0 aliphatic heterocycles. The highest BCUT2D eigenvalue weighted by atomic mass is 16.1. The molecule has 11 heavy (non-hydrogen) atoms. The highest BCUT2D eigenvalue weighted by Crippen LogP contribution is 2.43. The van der Waals surface area contributed by atoms with Gasteiger partial charge in [0.15, 0.2) is 0 Å². The molecule has 0 amide bonds. The first kappa shape index (κ1) is 7.08. The fraction of sp³-hybridized carbons (Fsp3) is 0.700. The summed E-state index contributed by atoms with van der Waals surface area (Å²) in [6.45, 7) is 4.30. The first-order valence-electron chi connectivity index (χ1n) is 4.42. The molecular formula is C10H14O. The Bertz CT molecular complexity index is 215. The van der Waals surface area contributed by atoms with Crippen LogP contribution in [-0.4, -0.2) is 5.78 Å². The van der Waals surface area contributed by atoms with Gasteiger partial charge in [0.05, 0.1) is 0 Å². The first-order valence-corrected chi connectivity index (χ1v) is 4.42. The van der Waals surface area contributed by atoms with Crippen molar-refractivity contribution in [2.24, 2.45) is 23.7 Å². The van der Waals surface area contributed by atoms with E-state index < -0.39 is 0 Å². The molecule has 1 heteroatoms. The van der Waals surface area contributed by atoms with Crippen LogP contribution >= 0.6 is 0 Å². The van der Waals surface area contributed by atoms with E-state index in [1.165, 1.54) is 0 Å². The second-order valence-corrected chi connectivity index (χ2v) is 4.06. The predicted octanol–water partition coefficient (Wildman–Crippen LogP) is 2.03. The van der Waals surface area contributed by atoms with Crippen LogP contribution in [0.15, 0.2) is 12.2 Å². The Morgan fingerprint density at radius 2 is 2.18 bits per heavy atom. The van der Waals surface area contributed by atoms with Crippen LogP contribution in [-0.2, 0) is 4.79 Å². The van der Waals surface area contributed by atoms with E-state index in [0.717, 1.165) is 6.42 Å². The minimum Gasteiger partial charge on any atom is -0.299 e. The molecule has 1 saturated carbocycles. The number of fused-ring (bicyclic) bond motifs is 2. The maximum Gasteiger partial charge on any atom is 0.143 e. The molecule has 2 rings (SSSR count). The van der Waals surface area contributed by atoms with Crippen molar-refractivity contribution in [1.82, 2.24) is 0 Å². The van der Waals surface area contributed by atoms with E-state index in [1.54, 1.807) is 0 Å². The quantitative estimate of drug-likeness (QED) is 0.523. The van der Waals surface area contributed by atoms with Gasteiger partial charge in [-0.2, -0.15) is 0 Å². The molecule has 2 aliphatic carbocycles. The summed E-state index contributed by atoms with van der Waals surface area (Å²) in [5.41, 5.74) is 0. The molecule has 0 aromatic rings. The van der Waals surface area contributed by atoms with Crippen molar-refractivity contribution >= 4 is 5.78 Å². The van der Waals surface area contributed by atoms with E-state index in [0.29, 0.717) is 23.5 Å². The van der Waals surface area contributed by atoms with Gasteiger partial charge in [-0.25, -0.2) is 0 Å². The summed E-state index contributed by atoms with van der Waals surface area (Å²) in [5.74, 6) is 2.22. The van der Waals surface area contributed by atoms with Crippen molar-refractivity contribution in [3.8, 4) is 0 Å². The summed E-state index contributed by atoms with van der Waals surface area (Å²) in [6.07, 6.45) is 5.42. The fourth-order valence-electron chi connectivity index (χ4n) is 2.49. The molecule has 0 radical (unpaired) electrons. The van der Waals surface area contributed by atoms with Gasteiger partial charge in [-0.05, 0) is 18.3 Å². The van der Waals surface area contributed by atoms with Gasteiger partial charge in [0.25, 0.3) is 0 Å². The zero-order valence-corrected chi connectivity index (χ0v) is 7.08. The molecule has 1 nitrogen and oxygen atoms in total. The maximum absolute atomic E-state index is 11.6. The van der Waals surface area contributed by atoms with Gasteiger partial charge in [0.2, 0.25) is 0 Å². The van der Waals surface area contributed by atoms with Crippen molar-refractivity contribution in [3.63, 3.8) is 0 Å². The van der Waals surface area contributed by atoms with E-state index in [2.05, 4.69) is 26.0 Å². The van der Waals surface area contributed by atoms with Gasteiger partial charge < -0.3 is 0 Å². The maximum atomic E-state index is 11.6. The SMILES string of the molecule is CC(C)[C@H]1C(=O)[C@H]2C=C[C@@H]1C2. The molecule has 2 aliphatic rings. The van der Waals surface area contributed by atoms with E-state index in [-0.39, 0.29) is 5.92 Å². The Hall–Kier alpha value is -0.590. The molecule has 1 fully saturated rings. The highest BCUT2D eigenvalue weighted by molar-refractivity contribution is 5.89. The minimum absolute atomic E-state index is 0.285. The van der Waals surface area contributed by atoms with Crippen molar-refractivity contribution < 1.29 is 4.79 Å². The van der Waals surface area contributed by atoms with Crippen LogP contribution in [0.1, 0.15) is 20.3 Å². The zero-order chi connectivity index (χ0) is 8.01. The van der Waals surface area contributed by atoms with Crippen LogP contribution in [0.4, 0.5) is 0 Å². The van der Waals surface area contributed by atoms with Gasteiger partial charge in [-0.15, -0.1) is 0 Å². The highest BCUT2D eigenvalue weighted by Gasteiger charge is 2.44. The number of hydrogen-bond acceptors (Lipinski definition) is 1. The second kappa shape index (κ2) is 2.20. The van der Waals surface area contributed by atoms with Crippen LogP contribution in [0.2, 0.25) is 0 Å². The van der Waals surface area contributed by atoms with Crippen molar-refractivity contribution in [1.29, 1.82) is 0 Å². The summed E-state index contributed by atoms with van der Waals surface area (Å²) >= 11 is 0. The number of rotatable bonds is 1. The standard InChI is InChI=1S/C10H14O/c1-6(2)9-7-3-4-8(5-7)10(9)11/h3-4,6-9H,5H2,1-2H3/t7-,8+,9-/m1/s1. The van der Waals surface area contributed by atoms with E-state index in [4.69, 9.17) is 0 Å². The number of Topliss-reactive ketones (excluding diaryl/α,β-unsaturated/α-hetero) is 1. The number of carbonyl (C=O) groups excluding carboxylic acids is 1. The molecule has 0 N–H and O–H groups in total. The van der Waals surface area contributed by atoms with Crippen LogP contribution in [0.5, 0.6) is 0 Å². The smallest absolute Gasteiger partial charge is 0.143 e. The van der Waals surface area contributed by atoms with Crippen LogP contribution < -0.4 is 0 Å². The van der Waals surface area contributed by atoms with E-state index in [1.807, 2.05) is 0 Å². The predicted molar refractivity (Wildman–Crippen MR) is 44.1 cm³/mol. The van der Waals surface area contributed by atoms with Crippen LogP contribution in [0.25, 0.3) is 0 Å². The Balaban J connectivity index is 2.25. The lowest BCUT2D eigenvalue weighted by Gasteiger charge is -2.20. The van der Waals surface area contributed by atoms with Crippen LogP contribution in [0, 0.1) is 23.7 Å². The lowest BCUT2D eigenvalue weighted by atomic mass is 9.83. The van der Waals surface area contributed by atoms with Gasteiger partial charge >= 0.3 is 0 Å². The van der Waals surface area contributed by atoms with E-state index in [9.17, 15) is 4.79 Å². The normalized spacial score (nSPS) is 41.0. The summed E-state index contributed by atoms with van der Waals surface area (Å²) in [5, 5.41) is 0. The van der Waals surface area contributed by atoms with Gasteiger partial charge in [0, 0.05) is 11.8 Å². The number of allylic oxidation sites excluding steroid dienone is 2. The van der Waals surface area contributed by atoms with Crippen molar-refractivity contribution in [2.45, 2.75) is 20.3 Å². The average molecular weight is 150 g/mol. The molecule has 0 aromatic heterocycles. The summed E-state index contributed by atoms with van der Waals surface area (Å²) in [7, 11) is 0. The fourth-order valence-corrected chi connectivity index (χ4v) is 2.49. The average Bonchev–Trinajstić information content (AvgIpc) is 2.44. The Labute approximate surface area is 67.5 Å². The lowest BCUT2D eigenvalue weighted by Crippen LogP contribution is -2.23. The molecule has 0 unspecified atom stereocenters. The summed E-state index contributed by atoms with van der Waals surface area (Å²) in [4.78, 5) is 11.6. The number of hydrogen-bond donors (Lipinski definition) is 0. The molecular weight excluding hydrogens is 136 g/mol. The zero-order valence-electron chi connectivity index (χ0n) is 7.08.